The van der Waals surface area contributed by atoms with E-state index in [1.54, 1.807) is 13.0 Å². The van der Waals surface area contributed by atoms with Gasteiger partial charge in [0.1, 0.15) is 5.69 Å². The van der Waals surface area contributed by atoms with Crippen LogP contribution in [-0.2, 0) is 4.74 Å². The Kier molecular flexibility index (Phi) is 4.39. The van der Waals surface area contributed by atoms with E-state index in [1.807, 2.05) is 30.3 Å². The Bertz CT molecular complexity index is 886. The van der Waals surface area contributed by atoms with Gasteiger partial charge in [0.2, 0.25) is 0 Å². The van der Waals surface area contributed by atoms with Crippen molar-refractivity contribution in [1.82, 2.24) is 15.2 Å². The first-order valence-electron chi connectivity index (χ1n) is 7.06. The van der Waals surface area contributed by atoms with Crippen molar-refractivity contribution in [1.29, 1.82) is 0 Å². The fraction of sp³-hybridized carbons (Fsp3) is 0.125. The van der Waals surface area contributed by atoms with Crippen molar-refractivity contribution in [2.24, 2.45) is 0 Å². The van der Waals surface area contributed by atoms with Crippen LogP contribution < -0.4 is 5.32 Å². The van der Waals surface area contributed by atoms with E-state index < -0.39 is 5.97 Å². The first-order chi connectivity index (χ1) is 11.6. The van der Waals surface area contributed by atoms with Gasteiger partial charge in [-0.05, 0) is 13.0 Å². The van der Waals surface area contributed by atoms with Crippen molar-refractivity contribution < 1.29 is 14.3 Å². The second-order valence-electron chi connectivity index (χ2n) is 4.90. The highest BCUT2D eigenvalue weighted by Gasteiger charge is 2.18. The van der Waals surface area contributed by atoms with Gasteiger partial charge in [-0.3, -0.25) is 15.2 Å². The maximum absolute atomic E-state index is 12.3. The number of aryl methyl sites for hydroxylation is 1. The van der Waals surface area contributed by atoms with Crippen molar-refractivity contribution in [3.63, 3.8) is 0 Å². The summed E-state index contributed by atoms with van der Waals surface area (Å²) in [7, 11) is 1.29. The van der Waals surface area contributed by atoms with Gasteiger partial charge in [0.25, 0.3) is 5.91 Å². The van der Waals surface area contributed by atoms with E-state index in [0.717, 1.165) is 5.56 Å². The Morgan fingerprint density at radius 1 is 1.25 bits per heavy atom. The van der Waals surface area contributed by atoms with Gasteiger partial charge in [-0.2, -0.15) is 5.10 Å². The van der Waals surface area contributed by atoms with E-state index in [4.69, 9.17) is 0 Å². The molecule has 7 nitrogen and oxygen atoms in total. The molecule has 3 aromatic rings. The molecular formula is C16H14N4O3S. The van der Waals surface area contributed by atoms with Crippen LogP contribution in [0.2, 0.25) is 0 Å². The fourth-order valence-corrected chi connectivity index (χ4v) is 2.89. The van der Waals surface area contributed by atoms with Crippen LogP contribution in [0.5, 0.6) is 0 Å². The third kappa shape index (κ3) is 3.18. The van der Waals surface area contributed by atoms with Crippen LogP contribution in [0.15, 0.2) is 36.4 Å². The van der Waals surface area contributed by atoms with E-state index in [0.29, 0.717) is 21.4 Å². The standard InChI is InChI=1S/C16H14N4O3S/c1-9-13(15(22)23-2)17-16(24-9)18-14(21)12-8-11(19-20-12)10-6-4-3-5-7-10/h3-8H,1-2H3,(H,19,20)(H,17,18,21). The molecule has 0 fully saturated rings. The number of hydrogen-bond donors (Lipinski definition) is 2. The van der Waals surface area contributed by atoms with Crippen molar-refractivity contribution in [2.75, 3.05) is 12.4 Å². The third-order valence-corrected chi connectivity index (χ3v) is 4.17. The molecule has 1 aromatic carbocycles. The molecule has 0 radical (unpaired) electrons. The number of hydrogen-bond acceptors (Lipinski definition) is 6. The van der Waals surface area contributed by atoms with E-state index in [1.165, 1.54) is 18.4 Å². The first-order valence-corrected chi connectivity index (χ1v) is 7.88. The number of nitrogens with zero attached hydrogens (tertiary/aromatic N) is 2. The highest BCUT2D eigenvalue weighted by atomic mass is 32.1. The van der Waals surface area contributed by atoms with Gasteiger partial charge < -0.3 is 4.74 Å². The number of esters is 1. The average molecular weight is 342 g/mol. The average Bonchev–Trinajstić information content (AvgIpc) is 3.22. The molecular weight excluding hydrogens is 328 g/mol. The number of ether oxygens (including phenoxy) is 1. The number of aromatic amines is 1. The molecule has 0 saturated carbocycles. The molecule has 2 aromatic heterocycles. The third-order valence-electron chi connectivity index (χ3n) is 3.29. The van der Waals surface area contributed by atoms with Crippen molar-refractivity contribution in [3.8, 4) is 11.3 Å². The number of benzene rings is 1. The predicted molar refractivity (Wildman–Crippen MR) is 90.2 cm³/mol. The number of methoxy groups -OCH3 is 1. The summed E-state index contributed by atoms with van der Waals surface area (Å²) in [6.07, 6.45) is 0. The molecule has 0 spiro atoms. The lowest BCUT2D eigenvalue weighted by Crippen LogP contribution is -2.12. The quantitative estimate of drug-likeness (QED) is 0.711. The lowest BCUT2D eigenvalue weighted by Gasteiger charge is -1.97. The van der Waals surface area contributed by atoms with Crippen LogP contribution in [0, 0.1) is 6.92 Å². The molecule has 24 heavy (non-hydrogen) atoms. The summed E-state index contributed by atoms with van der Waals surface area (Å²) < 4.78 is 4.65. The summed E-state index contributed by atoms with van der Waals surface area (Å²) in [6.45, 7) is 1.74. The number of carbonyl (C=O) groups excluding carboxylic acids is 2. The van der Waals surface area contributed by atoms with Crippen LogP contribution in [0.4, 0.5) is 5.13 Å². The van der Waals surface area contributed by atoms with Crippen molar-refractivity contribution in [2.45, 2.75) is 6.92 Å². The molecule has 0 aliphatic rings. The Morgan fingerprint density at radius 3 is 2.71 bits per heavy atom. The zero-order valence-electron chi connectivity index (χ0n) is 13.0. The Balaban J connectivity index is 1.76. The summed E-state index contributed by atoms with van der Waals surface area (Å²) >= 11 is 1.21. The number of anilines is 1. The van der Waals surface area contributed by atoms with Gasteiger partial charge in [-0.25, -0.2) is 9.78 Å². The molecule has 1 amide bonds. The van der Waals surface area contributed by atoms with E-state index >= 15 is 0 Å². The summed E-state index contributed by atoms with van der Waals surface area (Å²) in [5.74, 6) is -0.910. The van der Waals surface area contributed by atoms with Gasteiger partial charge in [0, 0.05) is 10.4 Å². The van der Waals surface area contributed by atoms with Crippen LogP contribution >= 0.6 is 11.3 Å². The van der Waals surface area contributed by atoms with E-state index in [-0.39, 0.29) is 11.6 Å². The topological polar surface area (TPSA) is 97.0 Å². The highest BCUT2D eigenvalue weighted by Crippen LogP contribution is 2.23. The van der Waals surface area contributed by atoms with Gasteiger partial charge in [-0.1, -0.05) is 30.3 Å². The smallest absolute Gasteiger partial charge is 0.357 e. The Labute approximate surface area is 141 Å². The lowest BCUT2D eigenvalue weighted by atomic mass is 10.1. The minimum Gasteiger partial charge on any atom is -0.464 e. The molecule has 2 N–H and O–H groups in total. The maximum atomic E-state index is 12.3. The number of rotatable bonds is 4. The molecule has 0 atom stereocenters. The van der Waals surface area contributed by atoms with Gasteiger partial charge in [0.15, 0.2) is 10.8 Å². The number of aromatic nitrogens is 3. The monoisotopic (exact) mass is 342 g/mol. The molecule has 8 heteroatoms. The van der Waals surface area contributed by atoms with Crippen LogP contribution in [0.1, 0.15) is 25.9 Å². The molecule has 0 aliphatic heterocycles. The number of amides is 1. The molecule has 3 rings (SSSR count). The van der Waals surface area contributed by atoms with Crippen molar-refractivity contribution in [3.05, 3.63) is 52.7 Å². The summed E-state index contributed by atoms with van der Waals surface area (Å²) in [4.78, 5) is 28.6. The zero-order valence-corrected chi connectivity index (χ0v) is 13.8. The van der Waals surface area contributed by atoms with Crippen molar-refractivity contribution >= 4 is 28.3 Å². The van der Waals surface area contributed by atoms with E-state index in [9.17, 15) is 9.59 Å². The second-order valence-corrected chi connectivity index (χ2v) is 6.11. The van der Waals surface area contributed by atoms with Gasteiger partial charge in [0.05, 0.1) is 12.8 Å². The summed E-state index contributed by atoms with van der Waals surface area (Å²) in [6, 6.07) is 11.2. The van der Waals surface area contributed by atoms with E-state index in [2.05, 4.69) is 25.2 Å². The van der Waals surface area contributed by atoms with Crippen LogP contribution in [-0.4, -0.2) is 34.2 Å². The number of nitrogens with one attached hydrogen (secondary N) is 2. The number of carbonyl (C=O) groups is 2. The summed E-state index contributed by atoms with van der Waals surface area (Å²) in [5.41, 5.74) is 2.09. The minimum atomic E-state index is -0.530. The molecule has 122 valence electrons. The van der Waals surface area contributed by atoms with Gasteiger partial charge in [-0.15, -0.1) is 11.3 Å². The Hall–Kier alpha value is -3.00. The van der Waals surface area contributed by atoms with Gasteiger partial charge >= 0.3 is 5.97 Å². The molecule has 0 saturated heterocycles. The summed E-state index contributed by atoms with van der Waals surface area (Å²) in [5, 5.41) is 9.82. The minimum absolute atomic E-state index is 0.201. The molecule has 0 bridgehead atoms. The van der Waals surface area contributed by atoms with Crippen LogP contribution in [0.3, 0.4) is 0 Å². The second kappa shape index (κ2) is 6.63. The largest absolute Gasteiger partial charge is 0.464 e. The Morgan fingerprint density at radius 2 is 2.00 bits per heavy atom. The maximum Gasteiger partial charge on any atom is 0.357 e. The number of thiazole rings is 1. The first kappa shape index (κ1) is 15.9. The van der Waals surface area contributed by atoms with Crippen LogP contribution in [0.25, 0.3) is 11.3 Å². The molecule has 2 heterocycles. The molecule has 0 aliphatic carbocycles. The SMILES string of the molecule is COC(=O)c1nc(NC(=O)c2cc(-c3ccccc3)n[nH]2)sc1C. The molecule has 0 unspecified atom stereocenters. The lowest BCUT2D eigenvalue weighted by molar-refractivity contribution is 0.0594. The zero-order chi connectivity index (χ0) is 17.1. The normalized spacial score (nSPS) is 10.4. The number of H-pyrrole nitrogens is 1. The fourth-order valence-electron chi connectivity index (χ4n) is 2.10. The highest BCUT2D eigenvalue weighted by molar-refractivity contribution is 7.16. The predicted octanol–water partition coefficient (Wildman–Crippen LogP) is 2.88.